The Kier molecular flexibility index (Phi) is 29.1. The fourth-order valence-electron chi connectivity index (χ4n) is 20.8. The van der Waals surface area contributed by atoms with Crippen LogP contribution < -0.4 is 60.7 Å². The van der Waals surface area contributed by atoms with E-state index in [0.717, 1.165) is 284 Å². The third kappa shape index (κ3) is 20.9. The predicted octanol–water partition coefficient (Wildman–Crippen LogP) is 17.4. The van der Waals surface area contributed by atoms with E-state index in [0.29, 0.717) is 75.7 Å². The number of fused-ring (bicyclic) bond motifs is 4. The molecule has 7 saturated heterocycles. The lowest BCUT2D eigenvalue weighted by Crippen LogP contribution is -2.44. The number of piperazine rings is 4. The zero-order valence-electron chi connectivity index (χ0n) is 79.2. The Hall–Kier alpha value is -10.2. The molecule has 698 valence electrons. The number of halogens is 5. The second-order valence-electron chi connectivity index (χ2n) is 38.2. The van der Waals surface area contributed by atoms with E-state index >= 15 is 0 Å². The molecule has 5 N–H and O–H groups in total. The molecule has 8 aliphatic rings. The molecule has 4 aromatic heterocycles. The second kappa shape index (κ2) is 41.1. The van der Waals surface area contributed by atoms with Crippen molar-refractivity contribution in [3.63, 3.8) is 0 Å². The number of piperidine rings is 2. The van der Waals surface area contributed by atoms with E-state index in [4.69, 9.17) is 46.7 Å². The fourth-order valence-corrected chi connectivity index (χ4v) is 21.0. The Labute approximate surface area is 775 Å². The van der Waals surface area contributed by atoms with Crippen LogP contribution in [-0.2, 0) is 30.9 Å². The number of benzene rings is 8. The number of rotatable bonds is 17. The largest absolute Gasteiger partial charge is 0.488 e. The zero-order chi connectivity index (χ0) is 91.4. The molecule has 7 aliphatic heterocycles. The average Bonchev–Trinajstić information content (AvgIpc) is 1.63. The smallest absolute Gasteiger partial charge is 0.207 e. The highest BCUT2D eigenvalue weighted by Gasteiger charge is 2.32. The molecule has 20 rings (SSSR count). The van der Waals surface area contributed by atoms with Crippen LogP contribution in [0.1, 0.15) is 148 Å². The van der Waals surface area contributed by atoms with Gasteiger partial charge in [0.05, 0.1) is 84.6 Å². The van der Waals surface area contributed by atoms with Crippen molar-refractivity contribution in [3.8, 4) is 5.75 Å². The molecule has 8 fully saturated rings. The number of ether oxygens (including phenoxy) is 2. The fraction of sp³-hybridized carbons (Fsp3) is 0.500. The molecule has 22 nitrogen and oxygen atoms in total. The molecule has 131 heavy (non-hydrogen) atoms. The van der Waals surface area contributed by atoms with Crippen molar-refractivity contribution in [1.29, 1.82) is 0 Å². The summed E-state index contributed by atoms with van der Waals surface area (Å²) >= 11 is 6.66. The molecular formula is C104H135ClF4N20O2. The van der Waals surface area contributed by atoms with E-state index in [9.17, 15) is 17.6 Å². The van der Waals surface area contributed by atoms with Gasteiger partial charge in [0.1, 0.15) is 51.1 Å². The van der Waals surface area contributed by atoms with Gasteiger partial charge in [0.2, 0.25) is 23.8 Å². The highest BCUT2D eigenvalue weighted by Crippen LogP contribution is 2.42. The van der Waals surface area contributed by atoms with E-state index in [2.05, 4.69) is 138 Å². The molecule has 0 unspecified atom stereocenters. The lowest BCUT2D eigenvalue weighted by Gasteiger charge is -2.34. The van der Waals surface area contributed by atoms with Crippen molar-refractivity contribution in [2.75, 3.05) is 199 Å². The number of imidazole rings is 4. The summed E-state index contributed by atoms with van der Waals surface area (Å²) in [4.78, 5) is 40.0. The molecule has 1 aliphatic carbocycles. The molecule has 27 heteroatoms. The van der Waals surface area contributed by atoms with Crippen molar-refractivity contribution < 1.29 is 27.0 Å². The Morgan fingerprint density at radius 1 is 0.344 bits per heavy atom. The van der Waals surface area contributed by atoms with E-state index in [-0.39, 0.29) is 35.4 Å². The number of nitrogens with zero attached hydrogens (tertiary/aromatic N) is 16. The minimum atomic E-state index is -0.126. The third-order valence-electron chi connectivity index (χ3n) is 27.7. The van der Waals surface area contributed by atoms with Crippen molar-refractivity contribution in [1.82, 2.24) is 59.1 Å². The van der Waals surface area contributed by atoms with Gasteiger partial charge in [-0.15, -0.1) is 0 Å². The molecule has 11 heterocycles. The van der Waals surface area contributed by atoms with Crippen LogP contribution in [0.25, 0.3) is 44.1 Å². The van der Waals surface area contributed by atoms with Gasteiger partial charge in [0, 0.05) is 155 Å². The summed E-state index contributed by atoms with van der Waals surface area (Å²) in [7, 11) is 2.19. The molecule has 0 bridgehead atoms. The quantitative estimate of drug-likeness (QED) is 0.0632. The van der Waals surface area contributed by atoms with Gasteiger partial charge in [0.15, 0.2) is 0 Å². The van der Waals surface area contributed by atoms with Crippen LogP contribution in [0.5, 0.6) is 5.75 Å². The number of nitrogens with two attached hydrogens (primary N) is 1. The van der Waals surface area contributed by atoms with Gasteiger partial charge in [-0.1, -0.05) is 66.6 Å². The maximum absolute atomic E-state index is 14.3. The van der Waals surface area contributed by atoms with E-state index < -0.39 is 0 Å². The summed E-state index contributed by atoms with van der Waals surface area (Å²) in [6, 6.07) is 33.4. The molecule has 0 atom stereocenters. The highest BCUT2D eigenvalue weighted by molar-refractivity contribution is 6.32. The molecule has 0 radical (unpaired) electrons. The maximum atomic E-state index is 14.3. The first-order valence-corrected chi connectivity index (χ1v) is 48.5. The van der Waals surface area contributed by atoms with Gasteiger partial charge < -0.3 is 88.6 Å². The van der Waals surface area contributed by atoms with Gasteiger partial charge in [-0.2, -0.15) is 0 Å². The number of likely N-dealkylation sites (N-methyl/N-ethyl adjacent to an activating group) is 1. The Balaban J connectivity index is 0.000000122. The predicted molar refractivity (Wildman–Crippen MR) is 529 cm³/mol. The van der Waals surface area contributed by atoms with Gasteiger partial charge in [-0.05, 0) is 273 Å². The zero-order valence-corrected chi connectivity index (χ0v) is 80.0. The lowest BCUT2D eigenvalue weighted by atomic mass is 9.98. The SMILES string of the molecule is Cc1cc(Cn2c(N3CCCCC3)nc3c(N4CCC(N)CC4)cc(Cl)cc32)cc(C)c1F.Cc1cc(N2CCN(C)CC2)c2nc(N3CCNCC3)n(Cc3cc(C)c(F)c(C)c3)c2c1.Cc1cc(N2CCOCC2)c2nc(N3CCNCC3)n(Cc3cc(C)c(F)c(C)c3)c2c1.Cc1cc(OC2CCCCC2)c2nc(N3CCNCC3)n(Cc3cc(C)c(F)c(C)c3)c2c1. The monoisotopic (exact) mass is 1810 g/mol. The normalized spacial score (nSPS) is 17.7. The van der Waals surface area contributed by atoms with E-state index in [1.807, 2.05) is 116 Å². The molecule has 1 saturated carbocycles. The van der Waals surface area contributed by atoms with E-state index in [1.54, 1.807) is 0 Å². The first-order valence-electron chi connectivity index (χ1n) is 48.1. The van der Waals surface area contributed by atoms with Crippen LogP contribution in [-0.4, -0.2) is 219 Å². The molecule has 0 spiro atoms. The van der Waals surface area contributed by atoms with Crippen molar-refractivity contribution in [3.05, 3.63) is 209 Å². The van der Waals surface area contributed by atoms with Crippen LogP contribution in [0.2, 0.25) is 5.02 Å². The van der Waals surface area contributed by atoms with Crippen LogP contribution in [0, 0.1) is 99.4 Å². The lowest BCUT2D eigenvalue weighted by molar-refractivity contribution is 0.123. The summed E-state index contributed by atoms with van der Waals surface area (Å²) < 4.78 is 78.5. The molecule has 12 aromatic rings. The summed E-state index contributed by atoms with van der Waals surface area (Å²) in [5.41, 5.74) is 31.7. The van der Waals surface area contributed by atoms with Crippen LogP contribution in [0.15, 0.2) is 97.1 Å². The minimum absolute atomic E-state index is 0.107. The Morgan fingerprint density at radius 3 is 1.04 bits per heavy atom. The Morgan fingerprint density at radius 2 is 0.656 bits per heavy atom. The number of nitrogens with one attached hydrogen (secondary N) is 3. The van der Waals surface area contributed by atoms with Crippen molar-refractivity contribution >= 4 is 96.6 Å². The van der Waals surface area contributed by atoms with Crippen LogP contribution in [0.4, 0.5) is 58.4 Å². The number of morpholine rings is 1. The standard InChI is InChI=1S/C27H35FN4O.C26H33ClFN5.C26H35FN6.C25H32FN5O/c1-18-13-23-26(24(14-18)33-22-7-5-4-6-8-22)30-27(31-11-9-29-10-12-31)32(23)17-21-15-19(2)25(28)20(3)16-21;1-17-12-19(13-18(2)24(17)28)16-33-23-15-20(27)14-22(31-10-6-21(29)7-11-31)25(23)30-26(33)32-8-4-3-5-9-32;1-18-13-22(31-11-9-30(4)10-12-31)25-23(14-18)33(26(29-25)32-7-5-28-6-8-32)17-21-15-19(2)24(27)20(3)16-21;1-17-12-21(29-8-10-32-11-9-29)24-22(13-17)31(25(28-24)30-6-4-27-5-7-30)16-20-14-18(2)23(26)19(3)15-20/h13-16,22,29H,4-12,17H2,1-3H3;12-15,21H,3-11,16,29H2,1-2H3;13-16,28H,5-12,17H2,1-4H3;12-15,27H,4-11,16H2,1-3H3. The Bertz CT molecular complexity index is 5770. The van der Waals surface area contributed by atoms with Crippen molar-refractivity contribution in [2.24, 2.45) is 5.73 Å². The number of aryl methyl sites for hydroxylation is 11. The third-order valence-corrected chi connectivity index (χ3v) is 28.0. The first-order chi connectivity index (χ1) is 63.3. The minimum Gasteiger partial charge on any atom is -0.488 e. The number of hydrogen-bond donors (Lipinski definition) is 4. The highest BCUT2D eigenvalue weighted by atomic mass is 35.5. The molecular weight excluding hydrogens is 1670 g/mol. The summed E-state index contributed by atoms with van der Waals surface area (Å²) in [5.74, 6) is 4.43. The maximum Gasteiger partial charge on any atom is 0.207 e. The van der Waals surface area contributed by atoms with Gasteiger partial charge in [-0.3, -0.25) is 0 Å². The number of hydrogen-bond acceptors (Lipinski definition) is 18. The van der Waals surface area contributed by atoms with Crippen molar-refractivity contribution in [2.45, 2.75) is 179 Å². The number of aromatic nitrogens is 8. The molecule has 0 amide bonds. The number of anilines is 7. The van der Waals surface area contributed by atoms with Crippen LogP contribution in [0.3, 0.4) is 0 Å². The van der Waals surface area contributed by atoms with Crippen LogP contribution >= 0.6 is 11.6 Å². The summed E-state index contributed by atoms with van der Waals surface area (Å²) in [6.45, 7) is 46.4. The summed E-state index contributed by atoms with van der Waals surface area (Å²) in [5, 5.41) is 11.0. The second-order valence-corrected chi connectivity index (χ2v) is 38.7. The topological polar surface area (TPSA) is 178 Å². The van der Waals surface area contributed by atoms with Gasteiger partial charge in [-0.25, -0.2) is 37.5 Å². The first kappa shape index (κ1) is 92.7. The van der Waals surface area contributed by atoms with E-state index in [1.165, 1.54) is 66.6 Å². The van der Waals surface area contributed by atoms with Gasteiger partial charge in [0.25, 0.3) is 0 Å². The summed E-state index contributed by atoms with van der Waals surface area (Å²) in [6.07, 6.45) is 11.9. The average molecular weight is 1810 g/mol. The molecule has 8 aromatic carbocycles. The van der Waals surface area contributed by atoms with Gasteiger partial charge >= 0.3 is 0 Å².